The van der Waals surface area contributed by atoms with Crippen LogP contribution in [0.15, 0.2) is 84.2 Å². The molecule has 1 aliphatic heterocycles. The Hall–Kier alpha value is -4.49. The third-order valence-corrected chi connectivity index (χ3v) is 7.38. The van der Waals surface area contributed by atoms with Crippen molar-refractivity contribution in [2.45, 2.75) is 19.4 Å². The second-order valence-electron chi connectivity index (χ2n) is 8.74. The first-order valence-electron chi connectivity index (χ1n) is 11.6. The number of benzene rings is 4. The topological polar surface area (TPSA) is 78.9 Å². The number of hydrogen-bond donors (Lipinski definition) is 0. The highest BCUT2D eigenvalue weighted by atomic mass is 32.1. The van der Waals surface area contributed by atoms with Gasteiger partial charge in [0.1, 0.15) is 5.75 Å². The van der Waals surface area contributed by atoms with Crippen LogP contribution >= 0.6 is 11.3 Å². The zero-order chi connectivity index (χ0) is 25.7. The summed E-state index contributed by atoms with van der Waals surface area (Å²) in [7, 11) is 0. The van der Waals surface area contributed by atoms with E-state index in [2.05, 4.69) is 0 Å². The van der Waals surface area contributed by atoms with Gasteiger partial charge in [0.25, 0.3) is 0 Å². The minimum Gasteiger partial charge on any atom is -0.467 e. The molecule has 7 heteroatoms. The fourth-order valence-corrected chi connectivity index (χ4v) is 5.84. The molecule has 6 nitrogen and oxygen atoms in total. The number of ether oxygens (including phenoxy) is 3. The number of carbonyl (C=O) groups excluding carboxylic acids is 3. The Kier molecular flexibility index (Phi) is 5.31. The number of Topliss-reactive ketones (excluding diaryl/α,β-unsaturated/α-hetero) is 1. The molecule has 37 heavy (non-hydrogen) atoms. The van der Waals surface area contributed by atoms with E-state index in [9.17, 15) is 14.4 Å². The van der Waals surface area contributed by atoms with E-state index in [1.807, 2.05) is 60.0 Å². The first-order valence-corrected chi connectivity index (χ1v) is 12.5. The SMILES string of the molecule is CC(=O)Oc1cc([C@@]2(c3cccs3)Oc3c(ccc4ccccc34)C2=O)c2ccccc2c1OC(C)=O. The minimum atomic E-state index is -1.54. The number of carbonyl (C=O) groups is 3. The van der Waals surface area contributed by atoms with E-state index in [-0.39, 0.29) is 17.3 Å². The highest BCUT2D eigenvalue weighted by Gasteiger charge is 2.53. The van der Waals surface area contributed by atoms with Crippen molar-refractivity contribution in [3.63, 3.8) is 0 Å². The van der Waals surface area contributed by atoms with Crippen LogP contribution in [-0.4, -0.2) is 17.7 Å². The Morgan fingerprint density at radius 1 is 0.811 bits per heavy atom. The molecule has 2 heterocycles. The standard InChI is InChI=1S/C30H20O6S/c1-17(31)34-25-16-24(21-10-5-6-11-22(21)28(25)35-18(2)32)30(26-12-7-15-37-26)29(33)23-14-13-19-8-3-4-9-20(19)27(23)36-30/h3-16H,1-2H3/t30-/m0/s1. The van der Waals surface area contributed by atoms with Gasteiger partial charge in [0.15, 0.2) is 11.5 Å². The van der Waals surface area contributed by atoms with Crippen LogP contribution in [0, 0.1) is 0 Å². The first-order chi connectivity index (χ1) is 17.9. The maximum absolute atomic E-state index is 14.4. The predicted octanol–water partition coefficient (Wildman–Crippen LogP) is 6.42. The molecule has 0 N–H and O–H groups in total. The lowest BCUT2D eigenvalue weighted by molar-refractivity contribution is -0.134. The lowest BCUT2D eigenvalue weighted by Gasteiger charge is -2.29. The average Bonchev–Trinajstić information content (AvgIpc) is 3.52. The molecule has 0 unspecified atom stereocenters. The maximum Gasteiger partial charge on any atom is 0.308 e. The highest BCUT2D eigenvalue weighted by molar-refractivity contribution is 7.10. The summed E-state index contributed by atoms with van der Waals surface area (Å²) in [5.41, 5.74) is -0.582. The van der Waals surface area contributed by atoms with Gasteiger partial charge in [-0.1, -0.05) is 60.7 Å². The fraction of sp³-hybridized carbons (Fsp3) is 0.100. The van der Waals surface area contributed by atoms with Gasteiger partial charge in [-0.3, -0.25) is 14.4 Å². The fourth-order valence-electron chi connectivity index (χ4n) is 4.97. The molecular weight excluding hydrogens is 488 g/mol. The molecule has 0 amide bonds. The summed E-state index contributed by atoms with van der Waals surface area (Å²) >= 11 is 1.40. The molecule has 6 rings (SSSR count). The Balaban J connectivity index is 1.71. The molecule has 0 saturated carbocycles. The van der Waals surface area contributed by atoms with Crippen molar-refractivity contribution in [3.05, 3.63) is 100 Å². The number of fused-ring (bicyclic) bond motifs is 4. The van der Waals surface area contributed by atoms with Crippen LogP contribution in [0.1, 0.15) is 34.6 Å². The number of ketones is 1. The van der Waals surface area contributed by atoms with E-state index >= 15 is 0 Å². The molecule has 1 atom stereocenters. The summed E-state index contributed by atoms with van der Waals surface area (Å²) in [6, 6.07) is 23.9. The van der Waals surface area contributed by atoms with Gasteiger partial charge in [0.05, 0.1) is 10.4 Å². The molecule has 5 aromatic rings. The van der Waals surface area contributed by atoms with Crippen LogP contribution in [0.2, 0.25) is 0 Å². The molecule has 1 aliphatic rings. The second kappa shape index (κ2) is 8.57. The molecule has 0 spiro atoms. The Morgan fingerprint density at radius 3 is 2.22 bits per heavy atom. The molecule has 182 valence electrons. The van der Waals surface area contributed by atoms with E-state index in [0.29, 0.717) is 32.5 Å². The third-order valence-electron chi connectivity index (χ3n) is 6.41. The van der Waals surface area contributed by atoms with Gasteiger partial charge < -0.3 is 14.2 Å². The van der Waals surface area contributed by atoms with Gasteiger partial charge in [0, 0.05) is 30.2 Å². The number of rotatable bonds is 4. The Bertz CT molecular complexity index is 1740. The van der Waals surface area contributed by atoms with Gasteiger partial charge in [-0.2, -0.15) is 0 Å². The van der Waals surface area contributed by atoms with E-state index in [1.165, 1.54) is 25.2 Å². The molecular formula is C30H20O6S. The predicted molar refractivity (Wildman–Crippen MR) is 141 cm³/mol. The second-order valence-corrected chi connectivity index (χ2v) is 9.69. The summed E-state index contributed by atoms with van der Waals surface area (Å²) in [5, 5.41) is 4.81. The van der Waals surface area contributed by atoms with Crippen molar-refractivity contribution in [1.29, 1.82) is 0 Å². The van der Waals surface area contributed by atoms with Gasteiger partial charge in [-0.15, -0.1) is 11.3 Å². The number of esters is 2. The van der Waals surface area contributed by atoms with Gasteiger partial charge in [-0.25, -0.2) is 0 Å². The zero-order valence-corrected chi connectivity index (χ0v) is 20.8. The van der Waals surface area contributed by atoms with Crippen LogP contribution < -0.4 is 14.2 Å². The smallest absolute Gasteiger partial charge is 0.308 e. The zero-order valence-electron chi connectivity index (χ0n) is 19.9. The summed E-state index contributed by atoms with van der Waals surface area (Å²) < 4.78 is 17.8. The molecule has 0 fully saturated rings. The summed E-state index contributed by atoms with van der Waals surface area (Å²) in [5.74, 6) is -0.742. The van der Waals surface area contributed by atoms with E-state index in [4.69, 9.17) is 14.2 Å². The summed E-state index contributed by atoms with van der Waals surface area (Å²) in [6.07, 6.45) is 0. The highest BCUT2D eigenvalue weighted by Crippen LogP contribution is 2.53. The lowest BCUT2D eigenvalue weighted by Crippen LogP contribution is -2.38. The number of hydrogen-bond acceptors (Lipinski definition) is 7. The van der Waals surface area contributed by atoms with Crippen LogP contribution in [0.5, 0.6) is 17.2 Å². The van der Waals surface area contributed by atoms with Crippen molar-refractivity contribution in [2.24, 2.45) is 0 Å². The summed E-state index contributed by atoms with van der Waals surface area (Å²) in [6.45, 7) is 2.54. The quantitative estimate of drug-likeness (QED) is 0.206. The van der Waals surface area contributed by atoms with E-state index < -0.39 is 17.5 Å². The maximum atomic E-state index is 14.4. The normalized spacial score (nSPS) is 16.4. The van der Waals surface area contributed by atoms with Crippen molar-refractivity contribution >= 4 is 50.6 Å². The van der Waals surface area contributed by atoms with Crippen molar-refractivity contribution in [2.75, 3.05) is 0 Å². The first kappa shape index (κ1) is 22.9. The van der Waals surface area contributed by atoms with Crippen LogP contribution in [-0.2, 0) is 15.2 Å². The third kappa shape index (κ3) is 3.50. The molecule has 4 aromatic carbocycles. The monoisotopic (exact) mass is 508 g/mol. The van der Waals surface area contributed by atoms with Crippen molar-refractivity contribution < 1.29 is 28.6 Å². The van der Waals surface area contributed by atoms with E-state index in [1.54, 1.807) is 24.3 Å². The Morgan fingerprint density at radius 2 is 1.51 bits per heavy atom. The summed E-state index contributed by atoms with van der Waals surface area (Å²) in [4.78, 5) is 39.1. The lowest BCUT2D eigenvalue weighted by atomic mass is 9.83. The molecule has 0 saturated heterocycles. The van der Waals surface area contributed by atoms with E-state index in [0.717, 1.165) is 10.8 Å². The Labute approximate surface area is 216 Å². The van der Waals surface area contributed by atoms with Crippen molar-refractivity contribution in [1.82, 2.24) is 0 Å². The van der Waals surface area contributed by atoms with Gasteiger partial charge in [-0.05, 0) is 34.4 Å². The molecule has 0 radical (unpaired) electrons. The van der Waals surface area contributed by atoms with Gasteiger partial charge in [0.2, 0.25) is 11.4 Å². The molecule has 1 aromatic heterocycles. The largest absolute Gasteiger partial charge is 0.467 e. The molecule has 0 aliphatic carbocycles. The average molecular weight is 509 g/mol. The van der Waals surface area contributed by atoms with Gasteiger partial charge >= 0.3 is 11.9 Å². The van der Waals surface area contributed by atoms with Crippen molar-refractivity contribution in [3.8, 4) is 17.2 Å². The van der Waals surface area contributed by atoms with Crippen LogP contribution in [0.25, 0.3) is 21.5 Å². The van der Waals surface area contributed by atoms with Crippen LogP contribution in [0.3, 0.4) is 0 Å². The van der Waals surface area contributed by atoms with Crippen LogP contribution in [0.4, 0.5) is 0 Å². The molecule has 0 bridgehead atoms. The number of thiophene rings is 1. The minimum absolute atomic E-state index is 0.0320.